The van der Waals surface area contributed by atoms with Gasteiger partial charge in [0.05, 0.1) is 6.61 Å². The van der Waals surface area contributed by atoms with Crippen molar-refractivity contribution in [2.45, 2.75) is 39.8 Å². The van der Waals surface area contributed by atoms with Crippen LogP contribution in [0.2, 0.25) is 0 Å². The summed E-state index contributed by atoms with van der Waals surface area (Å²) in [5.41, 5.74) is 0.192. The van der Waals surface area contributed by atoms with E-state index in [2.05, 4.69) is 5.32 Å². The van der Waals surface area contributed by atoms with Crippen LogP contribution in [0.4, 0.5) is 4.79 Å². The van der Waals surface area contributed by atoms with Crippen molar-refractivity contribution in [2.24, 2.45) is 0 Å². The van der Waals surface area contributed by atoms with Gasteiger partial charge < -0.3 is 14.8 Å². The van der Waals surface area contributed by atoms with Crippen LogP contribution in [0, 0.1) is 0 Å². The molecule has 0 aromatic carbocycles. The first-order valence-electron chi connectivity index (χ1n) is 6.04. The number of rotatable bonds is 4. The molecule has 0 unspecified atom stereocenters. The van der Waals surface area contributed by atoms with E-state index in [0.717, 1.165) is 5.56 Å². The van der Waals surface area contributed by atoms with Gasteiger partial charge in [0.15, 0.2) is 0 Å². The van der Waals surface area contributed by atoms with Crippen molar-refractivity contribution in [3.63, 3.8) is 0 Å². The number of hydrogen-bond acceptors (Lipinski definition) is 5. The molecule has 0 aliphatic heterocycles. The van der Waals surface area contributed by atoms with E-state index in [0.29, 0.717) is 11.5 Å². The number of esters is 1. The molecule has 1 amide bonds. The van der Waals surface area contributed by atoms with E-state index in [1.807, 2.05) is 0 Å². The van der Waals surface area contributed by atoms with Crippen molar-refractivity contribution in [3.05, 3.63) is 21.9 Å². The molecule has 6 heteroatoms. The zero-order valence-corrected chi connectivity index (χ0v) is 12.4. The molecule has 106 valence electrons. The van der Waals surface area contributed by atoms with Crippen molar-refractivity contribution >= 4 is 23.4 Å². The number of carbonyl (C=O) groups is 2. The number of ether oxygens (including phenoxy) is 2. The Kier molecular flexibility index (Phi) is 5.35. The summed E-state index contributed by atoms with van der Waals surface area (Å²) in [5, 5.41) is 4.41. The molecular formula is C13H19NO4S. The lowest BCUT2D eigenvalue weighted by Gasteiger charge is -2.19. The van der Waals surface area contributed by atoms with Crippen LogP contribution in [0.5, 0.6) is 0 Å². The maximum Gasteiger partial charge on any atom is 0.407 e. The molecule has 0 aliphatic carbocycles. The van der Waals surface area contributed by atoms with E-state index in [-0.39, 0.29) is 12.5 Å². The summed E-state index contributed by atoms with van der Waals surface area (Å²) in [5.74, 6) is -0.363. The smallest absolute Gasteiger partial charge is 0.407 e. The topological polar surface area (TPSA) is 64.6 Å². The molecule has 0 radical (unpaired) electrons. The third-order valence-corrected chi connectivity index (χ3v) is 2.97. The summed E-state index contributed by atoms with van der Waals surface area (Å²) in [7, 11) is 0. The summed E-state index contributed by atoms with van der Waals surface area (Å²) in [6.45, 7) is 7.70. The van der Waals surface area contributed by atoms with Gasteiger partial charge in [-0.3, -0.25) is 0 Å². The SMILES string of the molecule is CCOC(=O)c1sccc1CNC(=O)OC(C)(C)C. The Balaban J connectivity index is 2.57. The largest absolute Gasteiger partial charge is 0.462 e. The zero-order valence-electron chi connectivity index (χ0n) is 11.6. The van der Waals surface area contributed by atoms with Gasteiger partial charge in [-0.25, -0.2) is 9.59 Å². The molecule has 0 atom stereocenters. The van der Waals surface area contributed by atoms with Crippen LogP contribution in [0.1, 0.15) is 42.9 Å². The van der Waals surface area contributed by atoms with Gasteiger partial charge in [-0.15, -0.1) is 11.3 Å². The molecule has 1 aromatic rings. The number of alkyl carbamates (subject to hydrolysis) is 1. The Hall–Kier alpha value is -1.56. The second-order valence-corrected chi connectivity index (χ2v) is 5.77. The summed E-state index contributed by atoms with van der Waals surface area (Å²) < 4.78 is 10.1. The monoisotopic (exact) mass is 285 g/mol. The molecule has 19 heavy (non-hydrogen) atoms. The first-order chi connectivity index (χ1) is 8.83. The molecule has 0 saturated carbocycles. The molecular weight excluding hydrogens is 266 g/mol. The van der Waals surface area contributed by atoms with Crippen LogP contribution >= 0.6 is 11.3 Å². The lowest BCUT2D eigenvalue weighted by Crippen LogP contribution is -2.32. The van der Waals surface area contributed by atoms with Gasteiger partial charge >= 0.3 is 12.1 Å². The van der Waals surface area contributed by atoms with Gasteiger partial charge in [0.25, 0.3) is 0 Å². The molecule has 1 rings (SSSR count). The van der Waals surface area contributed by atoms with Crippen molar-refractivity contribution in [3.8, 4) is 0 Å². The lowest BCUT2D eigenvalue weighted by molar-refractivity contribution is 0.0505. The molecule has 1 N–H and O–H groups in total. The van der Waals surface area contributed by atoms with Gasteiger partial charge in [0, 0.05) is 6.54 Å². The second kappa shape index (κ2) is 6.56. The third kappa shape index (κ3) is 5.30. The summed E-state index contributed by atoms with van der Waals surface area (Å²) in [6.07, 6.45) is -0.506. The molecule has 5 nitrogen and oxygen atoms in total. The summed E-state index contributed by atoms with van der Waals surface area (Å²) in [4.78, 5) is 23.7. The minimum absolute atomic E-state index is 0.243. The molecule has 0 spiro atoms. The first kappa shape index (κ1) is 15.5. The maximum absolute atomic E-state index is 11.6. The average Bonchev–Trinajstić information content (AvgIpc) is 2.72. The lowest BCUT2D eigenvalue weighted by atomic mass is 10.2. The van der Waals surface area contributed by atoms with Crippen molar-refractivity contribution in [1.82, 2.24) is 5.32 Å². The molecule has 0 fully saturated rings. The van der Waals surface area contributed by atoms with Crippen LogP contribution in [-0.4, -0.2) is 24.3 Å². The highest BCUT2D eigenvalue weighted by molar-refractivity contribution is 7.12. The van der Waals surface area contributed by atoms with Gasteiger partial charge in [0.2, 0.25) is 0 Å². The van der Waals surface area contributed by atoms with Crippen molar-refractivity contribution in [1.29, 1.82) is 0 Å². The molecule has 0 saturated heterocycles. The van der Waals surface area contributed by atoms with Crippen LogP contribution < -0.4 is 5.32 Å². The maximum atomic E-state index is 11.6. The van der Waals surface area contributed by atoms with Crippen molar-refractivity contribution < 1.29 is 19.1 Å². The predicted molar refractivity (Wildman–Crippen MR) is 73.3 cm³/mol. The average molecular weight is 285 g/mol. The molecule has 1 heterocycles. The number of amides is 1. The Morgan fingerprint density at radius 2 is 2.05 bits per heavy atom. The first-order valence-corrected chi connectivity index (χ1v) is 6.91. The Bertz CT molecular complexity index is 448. The minimum Gasteiger partial charge on any atom is -0.462 e. The van der Waals surface area contributed by atoms with E-state index >= 15 is 0 Å². The normalized spacial score (nSPS) is 10.9. The predicted octanol–water partition coefficient (Wildman–Crippen LogP) is 2.95. The quantitative estimate of drug-likeness (QED) is 0.864. The highest BCUT2D eigenvalue weighted by atomic mass is 32.1. The van der Waals surface area contributed by atoms with Crippen LogP contribution in [0.3, 0.4) is 0 Å². The molecule has 0 aliphatic rings. The molecule has 1 aromatic heterocycles. The van der Waals surface area contributed by atoms with E-state index in [1.165, 1.54) is 11.3 Å². The zero-order chi connectivity index (χ0) is 14.5. The Labute approximate surface area is 116 Å². The van der Waals surface area contributed by atoms with E-state index in [1.54, 1.807) is 39.1 Å². The van der Waals surface area contributed by atoms with Crippen LogP contribution in [-0.2, 0) is 16.0 Å². The fraction of sp³-hybridized carbons (Fsp3) is 0.538. The third-order valence-electron chi connectivity index (χ3n) is 2.03. The fourth-order valence-corrected chi connectivity index (χ4v) is 2.15. The van der Waals surface area contributed by atoms with Crippen LogP contribution in [0.25, 0.3) is 0 Å². The van der Waals surface area contributed by atoms with Gasteiger partial charge in [0.1, 0.15) is 10.5 Å². The van der Waals surface area contributed by atoms with Crippen molar-refractivity contribution in [2.75, 3.05) is 6.61 Å². The Morgan fingerprint density at radius 1 is 1.37 bits per heavy atom. The number of thiophene rings is 1. The fourth-order valence-electron chi connectivity index (χ4n) is 1.33. The Morgan fingerprint density at radius 3 is 2.63 bits per heavy atom. The van der Waals surface area contributed by atoms with E-state index in [4.69, 9.17) is 9.47 Å². The summed E-state index contributed by atoms with van der Waals surface area (Å²) in [6, 6.07) is 1.79. The van der Waals surface area contributed by atoms with Gasteiger partial charge in [-0.05, 0) is 44.7 Å². The number of hydrogen-bond donors (Lipinski definition) is 1. The highest BCUT2D eigenvalue weighted by Crippen LogP contribution is 2.18. The van der Waals surface area contributed by atoms with E-state index in [9.17, 15) is 9.59 Å². The standard InChI is InChI=1S/C13H19NO4S/c1-5-17-11(15)10-9(6-7-19-10)8-14-12(16)18-13(2,3)4/h6-7H,5,8H2,1-4H3,(H,14,16). The van der Waals surface area contributed by atoms with Crippen LogP contribution in [0.15, 0.2) is 11.4 Å². The number of nitrogens with one attached hydrogen (secondary N) is 1. The van der Waals surface area contributed by atoms with E-state index < -0.39 is 11.7 Å². The summed E-state index contributed by atoms with van der Waals surface area (Å²) >= 11 is 1.30. The van der Waals surface area contributed by atoms with Gasteiger partial charge in [-0.1, -0.05) is 0 Å². The van der Waals surface area contributed by atoms with Gasteiger partial charge in [-0.2, -0.15) is 0 Å². The molecule has 0 bridgehead atoms. The second-order valence-electron chi connectivity index (χ2n) is 4.85. The number of carbonyl (C=O) groups excluding carboxylic acids is 2. The highest BCUT2D eigenvalue weighted by Gasteiger charge is 2.18. The minimum atomic E-state index is -0.539.